The molecule has 0 unspecified atom stereocenters. The first-order valence-electron chi connectivity index (χ1n) is 8.75. The Hall–Kier alpha value is -3.72. The van der Waals surface area contributed by atoms with Crippen molar-refractivity contribution in [3.05, 3.63) is 92.8 Å². The van der Waals surface area contributed by atoms with Crippen molar-refractivity contribution in [3.63, 3.8) is 0 Å². The van der Waals surface area contributed by atoms with Crippen molar-refractivity contribution in [1.29, 1.82) is 0 Å². The summed E-state index contributed by atoms with van der Waals surface area (Å²) in [5.74, 6) is -0.132. The van der Waals surface area contributed by atoms with E-state index in [9.17, 15) is 24.1 Å². The molecule has 0 atom stereocenters. The monoisotopic (exact) mass is 424 g/mol. The van der Waals surface area contributed by atoms with E-state index in [0.717, 1.165) is 16.7 Å². The lowest BCUT2D eigenvalue weighted by Crippen LogP contribution is -2.27. The quantitative estimate of drug-likeness (QED) is 0.316. The molecule has 1 aliphatic heterocycles. The lowest BCUT2D eigenvalue weighted by molar-refractivity contribution is -0.384. The zero-order chi connectivity index (χ0) is 21.3. The van der Waals surface area contributed by atoms with Crippen LogP contribution in [0.15, 0.2) is 70.0 Å². The average molecular weight is 424 g/mol. The van der Waals surface area contributed by atoms with E-state index in [1.165, 1.54) is 42.5 Å². The lowest BCUT2D eigenvalue weighted by atomic mass is 10.1. The van der Waals surface area contributed by atoms with Crippen LogP contribution in [0, 0.1) is 15.9 Å². The normalized spacial score (nSPS) is 15.2. The van der Waals surface area contributed by atoms with Crippen LogP contribution in [0.25, 0.3) is 17.4 Å². The van der Waals surface area contributed by atoms with Gasteiger partial charge >= 0.3 is 0 Å². The molecule has 0 spiro atoms. The number of imide groups is 1. The van der Waals surface area contributed by atoms with Crippen LogP contribution in [0.1, 0.15) is 11.3 Å². The van der Waals surface area contributed by atoms with Crippen molar-refractivity contribution >= 4 is 34.7 Å². The number of amides is 2. The van der Waals surface area contributed by atoms with Gasteiger partial charge in [0, 0.05) is 23.8 Å². The lowest BCUT2D eigenvalue weighted by Gasteiger charge is -2.12. The van der Waals surface area contributed by atoms with Crippen molar-refractivity contribution in [2.24, 2.45) is 0 Å². The summed E-state index contributed by atoms with van der Waals surface area (Å²) >= 11 is 0.786. The zero-order valence-electron chi connectivity index (χ0n) is 15.3. The molecule has 2 amide bonds. The smallest absolute Gasteiger partial charge is 0.293 e. The first-order valence-corrected chi connectivity index (χ1v) is 9.57. The third-order valence-electron chi connectivity index (χ3n) is 4.37. The minimum absolute atomic E-state index is 0.0410. The molecule has 150 valence electrons. The molecule has 2 aromatic carbocycles. The summed E-state index contributed by atoms with van der Waals surface area (Å²) in [7, 11) is 0. The second-order valence-electron chi connectivity index (χ2n) is 6.40. The molecule has 2 heterocycles. The summed E-state index contributed by atoms with van der Waals surface area (Å²) < 4.78 is 18.7. The first-order chi connectivity index (χ1) is 14.4. The van der Waals surface area contributed by atoms with Crippen molar-refractivity contribution in [1.82, 2.24) is 4.90 Å². The third kappa shape index (κ3) is 4.01. The molecule has 30 heavy (non-hydrogen) atoms. The van der Waals surface area contributed by atoms with Crippen molar-refractivity contribution in [2.45, 2.75) is 6.54 Å². The van der Waals surface area contributed by atoms with Crippen LogP contribution in [-0.4, -0.2) is 21.0 Å². The van der Waals surface area contributed by atoms with E-state index in [0.29, 0.717) is 22.6 Å². The number of thioether (sulfide) groups is 1. The van der Waals surface area contributed by atoms with Crippen LogP contribution in [0.3, 0.4) is 0 Å². The number of furan rings is 1. The fourth-order valence-corrected chi connectivity index (χ4v) is 3.71. The van der Waals surface area contributed by atoms with Crippen LogP contribution < -0.4 is 0 Å². The number of halogens is 1. The number of benzene rings is 2. The fraction of sp³-hybridized carbons (Fsp3) is 0.0476. The first kappa shape index (κ1) is 19.6. The van der Waals surface area contributed by atoms with E-state index in [1.807, 2.05) is 0 Å². The maximum Gasteiger partial charge on any atom is 0.293 e. The molecule has 1 saturated heterocycles. The number of non-ortho nitro benzene ring substituents is 1. The summed E-state index contributed by atoms with van der Waals surface area (Å²) in [4.78, 5) is 36.6. The highest BCUT2D eigenvalue weighted by molar-refractivity contribution is 8.18. The molecular formula is C21H13FN2O5S. The highest BCUT2D eigenvalue weighted by Gasteiger charge is 2.35. The molecule has 1 fully saturated rings. The maximum absolute atomic E-state index is 13.0. The predicted molar refractivity (Wildman–Crippen MR) is 109 cm³/mol. The van der Waals surface area contributed by atoms with Crippen LogP contribution in [0.4, 0.5) is 14.9 Å². The summed E-state index contributed by atoms with van der Waals surface area (Å²) in [6, 6.07) is 14.8. The molecule has 0 N–H and O–H groups in total. The van der Waals surface area contributed by atoms with Gasteiger partial charge in [-0.15, -0.1) is 0 Å². The molecule has 3 aromatic rings. The molecule has 4 rings (SSSR count). The van der Waals surface area contributed by atoms with Gasteiger partial charge in [0.2, 0.25) is 0 Å². The Labute approximate surface area is 173 Å². The second kappa shape index (κ2) is 7.96. The maximum atomic E-state index is 13.0. The number of nitrogens with zero attached hydrogens (tertiary/aromatic N) is 2. The van der Waals surface area contributed by atoms with E-state index in [4.69, 9.17) is 4.42 Å². The van der Waals surface area contributed by atoms with Gasteiger partial charge in [-0.3, -0.25) is 24.6 Å². The highest BCUT2D eigenvalue weighted by Crippen LogP contribution is 2.34. The SMILES string of the molecule is O=C1S/C(=C/c2ccc(-c3cccc([N+](=O)[O-])c3)o2)C(=O)N1Cc1ccc(F)cc1. The van der Waals surface area contributed by atoms with Gasteiger partial charge in [-0.05, 0) is 41.6 Å². The summed E-state index contributed by atoms with van der Waals surface area (Å²) in [5, 5.41) is 10.5. The molecule has 1 aliphatic rings. The molecule has 0 radical (unpaired) electrons. The topological polar surface area (TPSA) is 93.7 Å². The van der Waals surface area contributed by atoms with Gasteiger partial charge in [0.15, 0.2) is 0 Å². The Balaban J connectivity index is 1.53. The number of rotatable bonds is 5. The standard InChI is InChI=1S/C21H13FN2O5S/c22-15-6-4-13(5-7-15)12-23-20(25)19(30-21(23)26)11-17-8-9-18(29-17)14-2-1-3-16(10-14)24(27)28/h1-11H,12H2/b19-11+. The average Bonchev–Trinajstić information content (AvgIpc) is 3.30. The largest absolute Gasteiger partial charge is 0.457 e. The van der Waals surface area contributed by atoms with Gasteiger partial charge in [0.1, 0.15) is 17.3 Å². The second-order valence-corrected chi connectivity index (χ2v) is 7.40. The fourth-order valence-electron chi connectivity index (χ4n) is 2.90. The predicted octanol–water partition coefficient (Wildman–Crippen LogP) is 5.23. The molecular weight excluding hydrogens is 411 g/mol. The molecule has 0 saturated carbocycles. The van der Waals surface area contributed by atoms with Gasteiger partial charge in [0.25, 0.3) is 16.8 Å². The molecule has 7 nitrogen and oxygen atoms in total. The molecule has 9 heteroatoms. The minimum atomic E-state index is -0.496. The van der Waals surface area contributed by atoms with E-state index in [-0.39, 0.29) is 17.1 Å². The van der Waals surface area contributed by atoms with E-state index < -0.39 is 21.9 Å². The van der Waals surface area contributed by atoms with Crippen LogP contribution in [0.5, 0.6) is 0 Å². The Bertz CT molecular complexity index is 1190. The van der Waals surface area contributed by atoms with Crippen LogP contribution in [-0.2, 0) is 11.3 Å². The Morgan fingerprint density at radius 2 is 1.87 bits per heavy atom. The van der Waals surface area contributed by atoms with Crippen molar-refractivity contribution < 1.29 is 23.3 Å². The van der Waals surface area contributed by atoms with E-state index >= 15 is 0 Å². The Morgan fingerprint density at radius 1 is 1.10 bits per heavy atom. The minimum Gasteiger partial charge on any atom is -0.457 e. The van der Waals surface area contributed by atoms with Crippen molar-refractivity contribution in [3.8, 4) is 11.3 Å². The van der Waals surface area contributed by atoms with E-state index in [1.54, 1.807) is 24.3 Å². The van der Waals surface area contributed by atoms with Crippen LogP contribution in [0.2, 0.25) is 0 Å². The number of carbonyl (C=O) groups is 2. The number of carbonyl (C=O) groups excluding carboxylic acids is 2. The van der Waals surface area contributed by atoms with Crippen LogP contribution >= 0.6 is 11.8 Å². The third-order valence-corrected chi connectivity index (χ3v) is 5.28. The van der Waals surface area contributed by atoms with Crippen molar-refractivity contribution in [2.75, 3.05) is 0 Å². The van der Waals surface area contributed by atoms with Gasteiger partial charge < -0.3 is 4.42 Å². The summed E-state index contributed by atoms with van der Waals surface area (Å²) in [5.41, 5.74) is 1.09. The zero-order valence-corrected chi connectivity index (χ0v) is 16.1. The highest BCUT2D eigenvalue weighted by atomic mass is 32.2. The van der Waals surface area contributed by atoms with Gasteiger partial charge in [-0.1, -0.05) is 24.3 Å². The summed E-state index contributed by atoms with van der Waals surface area (Å²) in [6.45, 7) is 0.0410. The molecule has 0 bridgehead atoms. The van der Waals surface area contributed by atoms with Gasteiger partial charge in [-0.2, -0.15) is 0 Å². The Kier molecular flexibility index (Phi) is 5.20. The summed E-state index contributed by atoms with van der Waals surface area (Å²) in [6.07, 6.45) is 1.45. The van der Waals surface area contributed by atoms with E-state index in [2.05, 4.69) is 0 Å². The number of hydrogen-bond acceptors (Lipinski definition) is 6. The number of hydrogen-bond donors (Lipinski definition) is 0. The molecule has 0 aliphatic carbocycles. The van der Waals surface area contributed by atoms with Gasteiger partial charge in [0.05, 0.1) is 16.4 Å². The van der Waals surface area contributed by atoms with Gasteiger partial charge in [-0.25, -0.2) is 4.39 Å². The number of nitro groups is 1. The number of nitro benzene ring substituents is 1. The Morgan fingerprint density at radius 3 is 2.60 bits per heavy atom. The molecule has 1 aromatic heterocycles.